The van der Waals surface area contributed by atoms with Crippen molar-refractivity contribution < 1.29 is 9.84 Å². The molecule has 1 N–H and O–H groups in total. The summed E-state index contributed by atoms with van der Waals surface area (Å²) in [7, 11) is 1.59. The number of ether oxygens (including phenoxy) is 1. The summed E-state index contributed by atoms with van der Waals surface area (Å²) in [5.41, 5.74) is 2.38. The molecule has 0 radical (unpaired) electrons. The van der Waals surface area contributed by atoms with Gasteiger partial charge in [0.15, 0.2) is 0 Å². The minimum absolute atomic E-state index is 0.141. The molecule has 1 heterocycles. The number of nitrogens with zero attached hydrogens (tertiary/aromatic N) is 2. The predicted octanol–water partition coefficient (Wildman–Crippen LogP) is 2.99. The number of benzene rings is 1. The Morgan fingerprint density at radius 2 is 2.05 bits per heavy atom. The molecule has 0 bridgehead atoms. The Kier molecular flexibility index (Phi) is 4.99. The van der Waals surface area contributed by atoms with Crippen molar-refractivity contribution in [1.82, 2.24) is 9.78 Å². The van der Waals surface area contributed by atoms with Gasteiger partial charge in [0.2, 0.25) is 0 Å². The van der Waals surface area contributed by atoms with Crippen molar-refractivity contribution in [2.75, 3.05) is 7.11 Å². The quantitative estimate of drug-likeness (QED) is 0.906. The van der Waals surface area contributed by atoms with Crippen molar-refractivity contribution in [2.45, 2.75) is 19.8 Å². The van der Waals surface area contributed by atoms with Crippen LogP contribution in [0.2, 0.25) is 5.15 Å². The number of methoxy groups -OCH3 is 1. The van der Waals surface area contributed by atoms with Gasteiger partial charge >= 0.3 is 0 Å². The molecule has 6 heteroatoms. The van der Waals surface area contributed by atoms with Gasteiger partial charge in [-0.2, -0.15) is 5.10 Å². The Morgan fingerprint density at radius 1 is 1.37 bits per heavy atom. The molecule has 2 aromatic rings. The number of rotatable bonds is 5. The zero-order valence-corrected chi connectivity index (χ0v) is 12.8. The zero-order chi connectivity index (χ0) is 13.8. The fourth-order valence-corrected chi connectivity index (χ4v) is 2.33. The fourth-order valence-electron chi connectivity index (χ4n) is 1.80. The van der Waals surface area contributed by atoms with Crippen LogP contribution in [0.15, 0.2) is 28.7 Å². The van der Waals surface area contributed by atoms with E-state index < -0.39 is 0 Å². The van der Waals surface area contributed by atoms with Gasteiger partial charge in [0.25, 0.3) is 0 Å². The summed E-state index contributed by atoms with van der Waals surface area (Å²) in [5, 5.41) is 14.2. The third kappa shape index (κ3) is 3.36. The molecule has 0 fully saturated rings. The van der Waals surface area contributed by atoms with Crippen molar-refractivity contribution in [2.24, 2.45) is 0 Å². The van der Waals surface area contributed by atoms with Gasteiger partial charge in [-0.1, -0.05) is 39.7 Å². The van der Waals surface area contributed by atoms with Gasteiger partial charge in [-0.3, -0.25) is 0 Å². The van der Waals surface area contributed by atoms with Gasteiger partial charge < -0.3 is 9.84 Å². The van der Waals surface area contributed by atoms with E-state index in [-0.39, 0.29) is 6.61 Å². The maximum absolute atomic E-state index is 9.34. The minimum atomic E-state index is -0.141. The summed E-state index contributed by atoms with van der Waals surface area (Å²) in [6, 6.07) is 7.93. The van der Waals surface area contributed by atoms with Crippen LogP contribution in [0.1, 0.15) is 16.8 Å². The summed E-state index contributed by atoms with van der Waals surface area (Å²) in [6.07, 6.45) is 0. The summed E-state index contributed by atoms with van der Waals surface area (Å²) in [6.45, 7) is 0.754. The third-order valence-electron chi connectivity index (χ3n) is 2.75. The van der Waals surface area contributed by atoms with Crippen molar-refractivity contribution in [3.8, 4) is 0 Å². The summed E-state index contributed by atoms with van der Waals surface area (Å²) >= 11 is 9.62. The van der Waals surface area contributed by atoms with E-state index in [9.17, 15) is 5.11 Å². The topological polar surface area (TPSA) is 47.3 Å². The lowest BCUT2D eigenvalue weighted by atomic mass is 10.2. The predicted molar refractivity (Wildman–Crippen MR) is 77.1 cm³/mol. The molecule has 0 aliphatic rings. The van der Waals surface area contributed by atoms with Crippen LogP contribution in [0.3, 0.4) is 0 Å². The van der Waals surface area contributed by atoms with E-state index in [1.807, 2.05) is 24.3 Å². The van der Waals surface area contributed by atoms with E-state index in [4.69, 9.17) is 16.3 Å². The van der Waals surface area contributed by atoms with Gasteiger partial charge in [-0.05, 0) is 17.7 Å². The summed E-state index contributed by atoms with van der Waals surface area (Å²) < 4.78 is 7.75. The molecule has 0 aliphatic carbocycles. The molecule has 1 aromatic heterocycles. The number of hydrogen-bond acceptors (Lipinski definition) is 3. The van der Waals surface area contributed by atoms with Crippen molar-refractivity contribution in [1.29, 1.82) is 0 Å². The SMILES string of the molecule is COCc1nn(Cc2ccc(Br)cc2)c(Cl)c1CO. The lowest BCUT2D eigenvalue weighted by Gasteiger charge is -2.04. The Morgan fingerprint density at radius 3 is 2.63 bits per heavy atom. The smallest absolute Gasteiger partial charge is 0.133 e. The van der Waals surface area contributed by atoms with Crippen LogP contribution in [0.25, 0.3) is 0 Å². The molecule has 19 heavy (non-hydrogen) atoms. The maximum Gasteiger partial charge on any atom is 0.133 e. The van der Waals surface area contributed by atoms with Crippen LogP contribution in [0.5, 0.6) is 0 Å². The average molecular weight is 346 g/mol. The molecule has 0 atom stereocenters. The standard InChI is InChI=1S/C13H14BrClN2O2/c1-19-8-12-11(7-18)13(15)17(16-12)6-9-2-4-10(14)5-3-9/h2-5,18H,6-8H2,1H3. The average Bonchev–Trinajstić information content (AvgIpc) is 2.69. The van der Waals surface area contributed by atoms with Gasteiger partial charge in [0.1, 0.15) is 5.15 Å². The molecular weight excluding hydrogens is 332 g/mol. The van der Waals surface area contributed by atoms with E-state index in [1.54, 1.807) is 11.8 Å². The Labute approximate surface area is 125 Å². The molecule has 0 saturated carbocycles. The maximum atomic E-state index is 9.34. The first kappa shape index (κ1) is 14.5. The molecule has 0 saturated heterocycles. The number of aliphatic hydroxyl groups excluding tert-OH is 1. The number of aliphatic hydroxyl groups is 1. The van der Waals surface area contributed by atoms with Crippen LogP contribution < -0.4 is 0 Å². The molecule has 0 unspecified atom stereocenters. The van der Waals surface area contributed by atoms with Crippen LogP contribution in [0.4, 0.5) is 0 Å². The van der Waals surface area contributed by atoms with Gasteiger partial charge in [0, 0.05) is 17.1 Å². The number of halogens is 2. The Balaban J connectivity index is 2.27. The van der Waals surface area contributed by atoms with Gasteiger partial charge in [-0.15, -0.1) is 0 Å². The lowest BCUT2D eigenvalue weighted by Crippen LogP contribution is -2.02. The normalized spacial score (nSPS) is 10.9. The second-order valence-electron chi connectivity index (χ2n) is 4.09. The second kappa shape index (κ2) is 6.52. The van der Waals surface area contributed by atoms with Crippen LogP contribution in [0, 0.1) is 0 Å². The van der Waals surface area contributed by atoms with E-state index >= 15 is 0 Å². The molecule has 2 rings (SSSR count). The minimum Gasteiger partial charge on any atom is -0.391 e. The van der Waals surface area contributed by atoms with Crippen LogP contribution >= 0.6 is 27.5 Å². The molecule has 4 nitrogen and oxygen atoms in total. The summed E-state index contributed by atoms with van der Waals surface area (Å²) in [4.78, 5) is 0. The van der Waals surface area contributed by atoms with Crippen molar-refractivity contribution in [3.05, 3.63) is 50.7 Å². The van der Waals surface area contributed by atoms with E-state index in [0.29, 0.717) is 29.6 Å². The highest BCUT2D eigenvalue weighted by atomic mass is 79.9. The van der Waals surface area contributed by atoms with Gasteiger partial charge in [0.05, 0.1) is 25.5 Å². The molecule has 0 amide bonds. The molecule has 0 spiro atoms. The van der Waals surface area contributed by atoms with Crippen molar-refractivity contribution >= 4 is 27.5 Å². The first-order chi connectivity index (χ1) is 9.15. The zero-order valence-electron chi connectivity index (χ0n) is 10.4. The number of hydrogen-bond donors (Lipinski definition) is 1. The van der Waals surface area contributed by atoms with E-state index in [1.165, 1.54) is 0 Å². The monoisotopic (exact) mass is 344 g/mol. The summed E-state index contributed by atoms with van der Waals surface area (Å²) in [5.74, 6) is 0. The molecular formula is C13H14BrClN2O2. The Hall–Kier alpha value is -0.880. The first-order valence-corrected chi connectivity index (χ1v) is 6.91. The first-order valence-electron chi connectivity index (χ1n) is 5.74. The molecule has 1 aromatic carbocycles. The highest BCUT2D eigenvalue weighted by Crippen LogP contribution is 2.22. The van der Waals surface area contributed by atoms with Gasteiger partial charge in [-0.25, -0.2) is 4.68 Å². The van der Waals surface area contributed by atoms with Crippen LogP contribution in [-0.2, 0) is 24.5 Å². The highest BCUT2D eigenvalue weighted by Gasteiger charge is 2.15. The lowest BCUT2D eigenvalue weighted by molar-refractivity contribution is 0.177. The van der Waals surface area contributed by atoms with Crippen molar-refractivity contribution in [3.63, 3.8) is 0 Å². The molecule has 0 aliphatic heterocycles. The molecule has 102 valence electrons. The second-order valence-corrected chi connectivity index (χ2v) is 5.36. The largest absolute Gasteiger partial charge is 0.391 e. The van der Waals surface area contributed by atoms with E-state index in [0.717, 1.165) is 10.0 Å². The highest BCUT2D eigenvalue weighted by molar-refractivity contribution is 9.10. The third-order valence-corrected chi connectivity index (χ3v) is 3.70. The fraction of sp³-hybridized carbons (Fsp3) is 0.308. The van der Waals surface area contributed by atoms with Crippen LogP contribution in [-0.4, -0.2) is 22.0 Å². The Bertz CT molecular complexity index is 555. The van der Waals surface area contributed by atoms with E-state index in [2.05, 4.69) is 21.0 Å². The number of aromatic nitrogens is 2.